The molecule has 4 nitrogen and oxygen atoms in total. The summed E-state index contributed by atoms with van der Waals surface area (Å²) in [6.45, 7) is 1.93. The summed E-state index contributed by atoms with van der Waals surface area (Å²) in [5.41, 5.74) is 4.66. The SMILES string of the molecule is Cc1cc2nc(-c3cc4cccnc4n3C)ccc2o1. The van der Waals surface area contributed by atoms with Crippen LogP contribution in [0.3, 0.4) is 0 Å². The van der Waals surface area contributed by atoms with Crippen LogP contribution in [-0.4, -0.2) is 14.5 Å². The summed E-state index contributed by atoms with van der Waals surface area (Å²) in [5.74, 6) is 0.878. The Kier molecular flexibility index (Phi) is 2.21. The summed E-state index contributed by atoms with van der Waals surface area (Å²) in [6.07, 6.45) is 1.81. The smallest absolute Gasteiger partial charge is 0.152 e. The highest BCUT2D eigenvalue weighted by molar-refractivity contribution is 5.85. The molecule has 0 atom stereocenters. The van der Waals surface area contributed by atoms with Gasteiger partial charge < -0.3 is 8.98 Å². The highest BCUT2D eigenvalue weighted by atomic mass is 16.3. The first-order valence-corrected chi connectivity index (χ1v) is 6.50. The van der Waals surface area contributed by atoms with Gasteiger partial charge in [-0.25, -0.2) is 9.97 Å². The van der Waals surface area contributed by atoms with Crippen molar-refractivity contribution in [3.63, 3.8) is 0 Å². The van der Waals surface area contributed by atoms with Crippen LogP contribution in [0.15, 0.2) is 47.0 Å². The molecule has 0 radical (unpaired) electrons. The second-order valence-corrected chi connectivity index (χ2v) is 4.94. The van der Waals surface area contributed by atoms with Gasteiger partial charge in [-0.2, -0.15) is 0 Å². The molecule has 0 saturated carbocycles. The summed E-state index contributed by atoms with van der Waals surface area (Å²) in [6, 6.07) is 12.0. The number of pyridine rings is 2. The van der Waals surface area contributed by atoms with Crippen molar-refractivity contribution in [2.24, 2.45) is 7.05 Å². The maximum atomic E-state index is 5.57. The number of aryl methyl sites for hydroxylation is 2. The fourth-order valence-corrected chi connectivity index (χ4v) is 2.60. The average molecular weight is 263 g/mol. The number of furan rings is 1. The molecule has 4 heteroatoms. The van der Waals surface area contributed by atoms with E-state index in [-0.39, 0.29) is 0 Å². The highest BCUT2D eigenvalue weighted by Crippen LogP contribution is 2.27. The van der Waals surface area contributed by atoms with Gasteiger partial charge in [-0.3, -0.25) is 0 Å². The second-order valence-electron chi connectivity index (χ2n) is 4.94. The second kappa shape index (κ2) is 3.93. The largest absolute Gasteiger partial charge is 0.460 e. The predicted octanol–water partition coefficient (Wildman–Crippen LogP) is 3.69. The lowest BCUT2D eigenvalue weighted by Crippen LogP contribution is -1.94. The molecule has 0 aliphatic rings. The number of rotatable bonds is 1. The number of hydrogen-bond donors (Lipinski definition) is 0. The minimum Gasteiger partial charge on any atom is -0.460 e. The summed E-state index contributed by atoms with van der Waals surface area (Å²) in [5, 5.41) is 1.12. The monoisotopic (exact) mass is 263 g/mol. The van der Waals surface area contributed by atoms with Crippen molar-refractivity contribution in [1.29, 1.82) is 0 Å². The van der Waals surface area contributed by atoms with Gasteiger partial charge in [0.25, 0.3) is 0 Å². The van der Waals surface area contributed by atoms with Gasteiger partial charge >= 0.3 is 0 Å². The molecule has 4 aromatic rings. The van der Waals surface area contributed by atoms with E-state index in [0.717, 1.165) is 39.3 Å². The standard InChI is InChI=1S/C16H13N3O/c1-10-8-13-15(20-10)6-5-12(18-13)14-9-11-4-3-7-17-16(11)19(14)2/h3-9H,1-2H3. The van der Waals surface area contributed by atoms with E-state index in [1.807, 2.05) is 44.4 Å². The third kappa shape index (κ3) is 1.54. The molecule has 0 unspecified atom stereocenters. The Balaban J connectivity index is 1.97. The Labute approximate surface area is 115 Å². The zero-order chi connectivity index (χ0) is 13.7. The van der Waals surface area contributed by atoms with Crippen LogP contribution in [0, 0.1) is 6.92 Å². The van der Waals surface area contributed by atoms with Gasteiger partial charge in [0, 0.05) is 24.7 Å². The fraction of sp³-hybridized carbons (Fsp3) is 0.125. The van der Waals surface area contributed by atoms with Crippen molar-refractivity contribution in [3.05, 3.63) is 48.4 Å². The molecular weight excluding hydrogens is 250 g/mol. The van der Waals surface area contributed by atoms with Crippen molar-refractivity contribution >= 4 is 22.1 Å². The molecular formula is C16H13N3O. The van der Waals surface area contributed by atoms with Gasteiger partial charge in [-0.05, 0) is 37.3 Å². The van der Waals surface area contributed by atoms with Crippen LogP contribution < -0.4 is 0 Å². The minimum atomic E-state index is 0.822. The molecule has 0 saturated heterocycles. The maximum Gasteiger partial charge on any atom is 0.152 e. The Hall–Kier alpha value is -2.62. The van der Waals surface area contributed by atoms with Crippen LogP contribution in [0.5, 0.6) is 0 Å². The predicted molar refractivity (Wildman–Crippen MR) is 78.5 cm³/mol. The first-order chi connectivity index (χ1) is 9.72. The lowest BCUT2D eigenvalue weighted by atomic mass is 10.2. The number of fused-ring (bicyclic) bond motifs is 2. The Morgan fingerprint density at radius 2 is 2.05 bits per heavy atom. The first kappa shape index (κ1) is 11.2. The summed E-state index contributed by atoms with van der Waals surface area (Å²) in [4.78, 5) is 9.09. The van der Waals surface area contributed by atoms with E-state index in [1.54, 1.807) is 0 Å². The summed E-state index contributed by atoms with van der Waals surface area (Å²) >= 11 is 0. The van der Waals surface area contributed by atoms with Gasteiger partial charge in [0.2, 0.25) is 0 Å². The van der Waals surface area contributed by atoms with E-state index < -0.39 is 0 Å². The Morgan fingerprint density at radius 1 is 1.15 bits per heavy atom. The Bertz CT molecular complexity index is 933. The van der Waals surface area contributed by atoms with Gasteiger partial charge in [0.05, 0.1) is 11.4 Å². The zero-order valence-corrected chi connectivity index (χ0v) is 11.3. The molecule has 4 rings (SSSR count). The van der Waals surface area contributed by atoms with Crippen molar-refractivity contribution in [1.82, 2.24) is 14.5 Å². The third-order valence-electron chi connectivity index (χ3n) is 3.55. The van der Waals surface area contributed by atoms with E-state index >= 15 is 0 Å². The lowest BCUT2D eigenvalue weighted by Gasteiger charge is -2.02. The first-order valence-electron chi connectivity index (χ1n) is 6.50. The van der Waals surface area contributed by atoms with E-state index in [0.29, 0.717) is 0 Å². The van der Waals surface area contributed by atoms with E-state index in [1.165, 1.54) is 0 Å². The van der Waals surface area contributed by atoms with Crippen LogP contribution in [-0.2, 0) is 7.05 Å². The van der Waals surface area contributed by atoms with Crippen molar-refractivity contribution in [2.45, 2.75) is 6.92 Å². The van der Waals surface area contributed by atoms with E-state index in [9.17, 15) is 0 Å². The van der Waals surface area contributed by atoms with Crippen LogP contribution in [0.4, 0.5) is 0 Å². The molecule has 0 fully saturated rings. The molecule has 0 N–H and O–H groups in total. The average Bonchev–Trinajstić information content (AvgIpc) is 2.98. The molecule has 4 aromatic heterocycles. The Morgan fingerprint density at radius 3 is 2.90 bits per heavy atom. The van der Waals surface area contributed by atoms with Crippen LogP contribution in [0.25, 0.3) is 33.5 Å². The van der Waals surface area contributed by atoms with Crippen LogP contribution >= 0.6 is 0 Å². The minimum absolute atomic E-state index is 0.822. The number of aromatic nitrogens is 3. The summed E-state index contributed by atoms with van der Waals surface area (Å²) < 4.78 is 7.63. The third-order valence-corrected chi connectivity index (χ3v) is 3.55. The van der Waals surface area contributed by atoms with Gasteiger partial charge in [-0.1, -0.05) is 0 Å². The topological polar surface area (TPSA) is 43.9 Å². The summed E-state index contributed by atoms with van der Waals surface area (Å²) in [7, 11) is 2.01. The van der Waals surface area contributed by atoms with Gasteiger partial charge in [0.15, 0.2) is 5.58 Å². The highest BCUT2D eigenvalue weighted by Gasteiger charge is 2.11. The molecule has 20 heavy (non-hydrogen) atoms. The van der Waals surface area contributed by atoms with Gasteiger partial charge in [0.1, 0.15) is 16.9 Å². The molecule has 0 aliphatic carbocycles. The fourth-order valence-electron chi connectivity index (χ4n) is 2.60. The molecule has 0 aliphatic heterocycles. The number of hydrogen-bond acceptors (Lipinski definition) is 3. The quantitative estimate of drug-likeness (QED) is 0.526. The van der Waals surface area contributed by atoms with Crippen LogP contribution in [0.2, 0.25) is 0 Å². The maximum absolute atomic E-state index is 5.57. The normalized spacial score (nSPS) is 11.5. The molecule has 98 valence electrons. The van der Waals surface area contributed by atoms with Crippen LogP contribution in [0.1, 0.15) is 5.76 Å². The lowest BCUT2D eigenvalue weighted by molar-refractivity contribution is 0.578. The molecule has 0 spiro atoms. The van der Waals surface area contributed by atoms with Crippen molar-refractivity contribution in [2.75, 3.05) is 0 Å². The molecule has 4 heterocycles. The molecule has 0 bridgehead atoms. The van der Waals surface area contributed by atoms with E-state index in [2.05, 4.69) is 26.7 Å². The van der Waals surface area contributed by atoms with Crippen molar-refractivity contribution < 1.29 is 4.42 Å². The molecule has 0 aromatic carbocycles. The van der Waals surface area contributed by atoms with E-state index in [4.69, 9.17) is 4.42 Å². The molecule has 0 amide bonds. The zero-order valence-electron chi connectivity index (χ0n) is 11.3. The van der Waals surface area contributed by atoms with Crippen molar-refractivity contribution in [3.8, 4) is 11.4 Å². The number of nitrogens with zero attached hydrogens (tertiary/aromatic N) is 3. The van der Waals surface area contributed by atoms with Gasteiger partial charge in [-0.15, -0.1) is 0 Å².